The van der Waals surface area contributed by atoms with Gasteiger partial charge < -0.3 is 15.7 Å². The Balaban J connectivity index is 1.90. The van der Waals surface area contributed by atoms with Crippen LogP contribution in [-0.4, -0.2) is 33.1 Å². The molecule has 2 aromatic rings. The molecule has 0 saturated carbocycles. The van der Waals surface area contributed by atoms with Gasteiger partial charge in [0.25, 0.3) is 0 Å². The van der Waals surface area contributed by atoms with Crippen LogP contribution in [0.4, 0.5) is 10.8 Å². The zero-order chi connectivity index (χ0) is 19.1. The standard InChI is InChI=1S/C17H17N3O4S2/c1-10(16(23)24)9-14(21)19-12-3-5-13(6-4-12)26-11(2)15(22)20-17-18-7-8-25-17/h3-9,11H,1-2H3,(H,19,21)(H,23,24)(H,18,20,22)/b10-9-. The number of carboxylic acids is 1. The maximum absolute atomic E-state index is 12.1. The van der Waals surface area contributed by atoms with Gasteiger partial charge in [0, 0.05) is 33.8 Å². The van der Waals surface area contributed by atoms with E-state index in [-0.39, 0.29) is 16.7 Å². The SMILES string of the molecule is C/C(=C/C(=O)Nc1ccc(SC(C)C(=O)Nc2nccs2)cc1)C(=O)O. The predicted molar refractivity (Wildman–Crippen MR) is 103 cm³/mol. The Morgan fingerprint density at radius 2 is 1.92 bits per heavy atom. The fraction of sp³-hybridized carbons (Fsp3) is 0.176. The molecule has 136 valence electrons. The topological polar surface area (TPSA) is 108 Å². The van der Waals surface area contributed by atoms with Gasteiger partial charge in [0.2, 0.25) is 11.8 Å². The molecule has 3 N–H and O–H groups in total. The number of nitrogens with zero attached hydrogens (tertiary/aromatic N) is 1. The summed E-state index contributed by atoms with van der Waals surface area (Å²) in [6.45, 7) is 3.14. The summed E-state index contributed by atoms with van der Waals surface area (Å²) in [5.74, 6) is -1.80. The van der Waals surface area contributed by atoms with E-state index in [1.54, 1.807) is 42.8 Å². The van der Waals surface area contributed by atoms with Crippen molar-refractivity contribution in [3.05, 3.63) is 47.5 Å². The third-order valence-corrected chi connectivity index (χ3v) is 4.95. The summed E-state index contributed by atoms with van der Waals surface area (Å²) in [6.07, 6.45) is 2.65. The number of benzene rings is 1. The number of aromatic nitrogens is 1. The van der Waals surface area contributed by atoms with Crippen molar-refractivity contribution in [1.82, 2.24) is 4.98 Å². The first kappa shape index (κ1) is 19.7. The summed E-state index contributed by atoms with van der Waals surface area (Å²) in [6, 6.07) is 6.94. The van der Waals surface area contributed by atoms with Gasteiger partial charge in [0.1, 0.15) is 0 Å². The highest BCUT2D eigenvalue weighted by molar-refractivity contribution is 8.00. The zero-order valence-corrected chi connectivity index (χ0v) is 15.7. The third-order valence-electron chi connectivity index (χ3n) is 3.15. The summed E-state index contributed by atoms with van der Waals surface area (Å²) in [5.41, 5.74) is 0.489. The Bertz CT molecular complexity index is 817. The lowest BCUT2D eigenvalue weighted by molar-refractivity contribution is -0.132. The van der Waals surface area contributed by atoms with Crippen LogP contribution in [0.3, 0.4) is 0 Å². The minimum atomic E-state index is -1.14. The van der Waals surface area contributed by atoms with Crippen molar-refractivity contribution in [3.8, 4) is 0 Å². The van der Waals surface area contributed by atoms with E-state index >= 15 is 0 Å². The second-order valence-corrected chi connectivity index (χ2v) is 7.54. The Hall–Kier alpha value is -2.65. The van der Waals surface area contributed by atoms with Crippen LogP contribution in [0, 0.1) is 0 Å². The van der Waals surface area contributed by atoms with Gasteiger partial charge in [-0.3, -0.25) is 9.59 Å². The number of carbonyl (C=O) groups excluding carboxylic acids is 2. The molecule has 26 heavy (non-hydrogen) atoms. The van der Waals surface area contributed by atoms with Crippen molar-refractivity contribution in [1.29, 1.82) is 0 Å². The Kier molecular flexibility index (Phi) is 6.93. The molecule has 0 bridgehead atoms. The number of rotatable bonds is 7. The number of anilines is 2. The first-order valence-electron chi connectivity index (χ1n) is 7.55. The number of nitrogens with one attached hydrogen (secondary N) is 2. The lowest BCUT2D eigenvalue weighted by Gasteiger charge is -2.11. The van der Waals surface area contributed by atoms with Crippen LogP contribution in [0.15, 0.2) is 52.4 Å². The molecule has 1 heterocycles. The van der Waals surface area contributed by atoms with Gasteiger partial charge in [-0.25, -0.2) is 9.78 Å². The number of thioether (sulfide) groups is 1. The van der Waals surface area contributed by atoms with Crippen molar-refractivity contribution in [2.45, 2.75) is 24.0 Å². The van der Waals surface area contributed by atoms with Crippen LogP contribution in [0.1, 0.15) is 13.8 Å². The minimum Gasteiger partial charge on any atom is -0.478 e. The summed E-state index contributed by atoms with van der Waals surface area (Å²) >= 11 is 2.73. The van der Waals surface area contributed by atoms with E-state index in [9.17, 15) is 14.4 Å². The average Bonchev–Trinajstić information content (AvgIpc) is 3.09. The molecule has 2 amide bonds. The Morgan fingerprint density at radius 3 is 2.50 bits per heavy atom. The molecular weight excluding hydrogens is 374 g/mol. The lowest BCUT2D eigenvalue weighted by atomic mass is 10.2. The number of aliphatic carboxylic acids is 1. The van der Waals surface area contributed by atoms with Crippen LogP contribution in [0.2, 0.25) is 0 Å². The molecule has 1 unspecified atom stereocenters. The van der Waals surface area contributed by atoms with Crippen LogP contribution in [0.5, 0.6) is 0 Å². The van der Waals surface area contributed by atoms with Crippen LogP contribution >= 0.6 is 23.1 Å². The molecule has 0 aliphatic carbocycles. The van der Waals surface area contributed by atoms with E-state index in [4.69, 9.17) is 5.11 Å². The first-order chi connectivity index (χ1) is 12.3. The van der Waals surface area contributed by atoms with Gasteiger partial charge in [-0.05, 0) is 38.1 Å². The van der Waals surface area contributed by atoms with Crippen molar-refractivity contribution in [2.24, 2.45) is 0 Å². The molecule has 1 atom stereocenters. The monoisotopic (exact) mass is 391 g/mol. The highest BCUT2D eigenvalue weighted by Gasteiger charge is 2.15. The second kappa shape index (κ2) is 9.16. The molecule has 0 saturated heterocycles. The van der Waals surface area contributed by atoms with Crippen molar-refractivity contribution in [2.75, 3.05) is 10.6 Å². The first-order valence-corrected chi connectivity index (χ1v) is 9.30. The predicted octanol–water partition coefficient (Wildman–Crippen LogP) is 3.23. The van der Waals surface area contributed by atoms with E-state index < -0.39 is 11.9 Å². The molecule has 0 radical (unpaired) electrons. The summed E-state index contributed by atoms with van der Waals surface area (Å²) in [4.78, 5) is 39.4. The van der Waals surface area contributed by atoms with E-state index in [1.165, 1.54) is 30.0 Å². The van der Waals surface area contributed by atoms with Gasteiger partial charge in [-0.2, -0.15) is 0 Å². The van der Waals surface area contributed by atoms with E-state index in [0.717, 1.165) is 11.0 Å². The van der Waals surface area contributed by atoms with Gasteiger partial charge in [-0.1, -0.05) is 0 Å². The number of amides is 2. The largest absolute Gasteiger partial charge is 0.478 e. The quantitative estimate of drug-likeness (QED) is 0.494. The fourth-order valence-corrected chi connectivity index (χ4v) is 3.20. The average molecular weight is 391 g/mol. The van der Waals surface area contributed by atoms with Crippen molar-refractivity contribution < 1.29 is 19.5 Å². The summed E-state index contributed by atoms with van der Waals surface area (Å²) in [5, 5.41) is 16.1. The number of carboxylic acid groups (broad SMARTS) is 1. The molecule has 0 aliphatic rings. The number of hydrogen-bond acceptors (Lipinski definition) is 6. The number of hydrogen-bond donors (Lipinski definition) is 3. The van der Waals surface area contributed by atoms with Crippen LogP contribution in [-0.2, 0) is 14.4 Å². The highest BCUT2D eigenvalue weighted by Crippen LogP contribution is 2.26. The van der Waals surface area contributed by atoms with Gasteiger partial charge >= 0.3 is 5.97 Å². The van der Waals surface area contributed by atoms with Crippen LogP contribution < -0.4 is 10.6 Å². The lowest BCUT2D eigenvalue weighted by Crippen LogP contribution is -2.22. The molecule has 7 nitrogen and oxygen atoms in total. The Morgan fingerprint density at radius 1 is 1.23 bits per heavy atom. The molecule has 0 aliphatic heterocycles. The minimum absolute atomic E-state index is 0.0465. The van der Waals surface area contributed by atoms with Crippen LogP contribution in [0.25, 0.3) is 0 Å². The molecule has 0 fully saturated rings. The highest BCUT2D eigenvalue weighted by atomic mass is 32.2. The third kappa shape index (κ3) is 6.01. The van der Waals surface area contributed by atoms with E-state index in [1.807, 2.05) is 0 Å². The molecular formula is C17H17N3O4S2. The molecule has 0 spiro atoms. The number of carbonyl (C=O) groups is 3. The smallest absolute Gasteiger partial charge is 0.331 e. The Labute approximate surface area is 158 Å². The molecule has 1 aromatic carbocycles. The summed E-state index contributed by atoms with van der Waals surface area (Å²) < 4.78 is 0. The second-order valence-electron chi connectivity index (χ2n) is 5.23. The normalized spacial score (nSPS) is 12.3. The molecule has 9 heteroatoms. The van der Waals surface area contributed by atoms with Gasteiger partial charge in [-0.15, -0.1) is 23.1 Å². The van der Waals surface area contributed by atoms with Crippen molar-refractivity contribution in [3.63, 3.8) is 0 Å². The van der Waals surface area contributed by atoms with Crippen molar-refractivity contribution >= 4 is 51.7 Å². The fourth-order valence-electron chi connectivity index (χ4n) is 1.80. The van der Waals surface area contributed by atoms with E-state index in [2.05, 4.69) is 15.6 Å². The molecule has 2 rings (SSSR count). The van der Waals surface area contributed by atoms with Gasteiger partial charge in [0.05, 0.1) is 5.25 Å². The van der Waals surface area contributed by atoms with E-state index in [0.29, 0.717) is 10.8 Å². The number of thiazole rings is 1. The maximum Gasteiger partial charge on any atom is 0.331 e. The zero-order valence-electron chi connectivity index (χ0n) is 14.1. The van der Waals surface area contributed by atoms with Gasteiger partial charge in [0.15, 0.2) is 5.13 Å². The summed E-state index contributed by atoms with van der Waals surface area (Å²) in [7, 11) is 0. The maximum atomic E-state index is 12.1. The molecule has 1 aromatic heterocycles.